The molecule has 0 saturated carbocycles. The van der Waals surface area contributed by atoms with Crippen LogP contribution in [0.25, 0.3) is 0 Å². The number of hydrogen-bond acceptors (Lipinski definition) is 3. The molecule has 0 spiro atoms. The molecule has 0 aliphatic carbocycles. The Kier molecular flexibility index (Phi) is 2.61. The fourth-order valence-electron chi connectivity index (χ4n) is 1.05. The van der Waals surface area contributed by atoms with Crippen molar-refractivity contribution in [2.24, 2.45) is 0 Å². The molecule has 3 N–H and O–H groups in total. The van der Waals surface area contributed by atoms with E-state index in [1.54, 1.807) is 0 Å². The second-order valence-electron chi connectivity index (χ2n) is 2.90. The minimum atomic E-state index is -4.67. The third-order valence-electron chi connectivity index (χ3n) is 1.81. The molecule has 0 aliphatic heterocycles. The summed E-state index contributed by atoms with van der Waals surface area (Å²) in [6.45, 7) is 0.632. The maximum absolute atomic E-state index is 12.3. The molecule has 0 aliphatic rings. The monoisotopic (exact) mass is 223 g/mol. The van der Waals surface area contributed by atoms with E-state index in [4.69, 9.17) is 10.8 Å². The maximum Gasteiger partial charge on any atom is 0.437 e. The first-order chi connectivity index (χ1) is 6.73. The number of alkyl halides is 3. The van der Waals surface area contributed by atoms with Crippen LogP contribution in [-0.4, -0.2) is 20.9 Å². The van der Waals surface area contributed by atoms with Gasteiger partial charge in [0.1, 0.15) is 6.54 Å². The first-order valence-corrected chi connectivity index (χ1v) is 3.85. The van der Waals surface area contributed by atoms with E-state index < -0.39 is 30.1 Å². The topological polar surface area (TPSA) is 81.1 Å². The first-order valence-electron chi connectivity index (χ1n) is 3.85. The molecule has 1 aromatic heterocycles. The molecule has 0 bridgehead atoms. The molecule has 0 unspecified atom stereocenters. The molecular weight excluding hydrogens is 215 g/mol. The SMILES string of the molecule is Cc1c(N)c(C(F)(F)F)nn1CC(=O)O. The van der Waals surface area contributed by atoms with Crippen molar-refractivity contribution < 1.29 is 23.1 Å². The summed E-state index contributed by atoms with van der Waals surface area (Å²) < 4.78 is 37.5. The van der Waals surface area contributed by atoms with Gasteiger partial charge in [0, 0.05) is 0 Å². The lowest BCUT2D eigenvalue weighted by molar-refractivity contribution is -0.142. The number of aromatic nitrogens is 2. The smallest absolute Gasteiger partial charge is 0.437 e. The van der Waals surface area contributed by atoms with Crippen LogP contribution in [0.3, 0.4) is 0 Å². The second kappa shape index (κ2) is 3.44. The van der Waals surface area contributed by atoms with Crippen molar-refractivity contribution >= 4 is 11.7 Å². The molecule has 0 fully saturated rings. The summed E-state index contributed by atoms with van der Waals surface area (Å²) in [5.41, 5.74) is 3.37. The van der Waals surface area contributed by atoms with Crippen molar-refractivity contribution in [1.29, 1.82) is 0 Å². The first kappa shape index (κ1) is 11.3. The maximum atomic E-state index is 12.3. The Hall–Kier alpha value is -1.73. The van der Waals surface area contributed by atoms with Crippen LogP contribution >= 0.6 is 0 Å². The Morgan fingerprint density at radius 1 is 1.60 bits per heavy atom. The minimum Gasteiger partial charge on any atom is -0.480 e. The second-order valence-corrected chi connectivity index (χ2v) is 2.90. The summed E-state index contributed by atoms with van der Waals surface area (Å²) in [7, 11) is 0. The summed E-state index contributed by atoms with van der Waals surface area (Å²) in [5.74, 6) is -1.28. The molecule has 8 heteroatoms. The summed E-state index contributed by atoms with van der Waals surface area (Å²) in [5, 5.41) is 11.5. The van der Waals surface area contributed by atoms with Crippen molar-refractivity contribution in [2.45, 2.75) is 19.6 Å². The van der Waals surface area contributed by atoms with Crippen molar-refractivity contribution in [2.75, 3.05) is 5.73 Å². The van der Waals surface area contributed by atoms with E-state index in [1.807, 2.05) is 0 Å². The highest BCUT2D eigenvalue weighted by atomic mass is 19.4. The number of aliphatic carboxylic acids is 1. The lowest BCUT2D eigenvalue weighted by Crippen LogP contribution is -2.13. The van der Waals surface area contributed by atoms with Gasteiger partial charge in [-0.3, -0.25) is 9.48 Å². The van der Waals surface area contributed by atoms with Crippen molar-refractivity contribution in [3.63, 3.8) is 0 Å². The van der Waals surface area contributed by atoms with Crippen LogP contribution in [0.5, 0.6) is 0 Å². The van der Waals surface area contributed by atoms with Gasteiger partial charge in [-0.1, -0.05) is 0 Å². The van der Waals surface area contributed by atoms with E-state index in [1.165, 1.54) is 6.92 Å². The van der Waals surface area contributed by atoms with Crippen LogP contribution in [0.1, 0.15) is 11.4 Å². The molecule has 84 valence electrons. The number of carboxylic acids is 1. The number of rotatable bonds is 2. The van der Waals surface area contributed by atoms with Gasteiger partial charge in [-0.15, -0.1) is 0 Å². The Labute approximate surface area is 82.3 Å². The van der Waals surface area contributed by atoms with E-state index in [0.717, 1.165) is 0 Å². The van der Waals surface area contributed by atoms with Crippen LogP contribution in [0.4, 0.5) is 18.9 Å². The van der Waals surface area contributed by atoms with Crippen molar-refractivity contribution in [3.8, 4) is 0 Å². The Morgan fingerprint density at radius 3 is 2.47 bits per heavy atom. The van der Waals surface area contributed by atoms with E-state index >= 15 is 0 Å². The van der Waals surface area contributed by atoms with Crippen LogP contribution in [-0.2, 0) is 17.5 Å². The van der Waals surface area contributed by atoms with Crippen molar-refractivity contribution in [1.82, 2.24) is 9.78 Å². The third kappa shape index (κ3) is 2.20. The van der Waals surface area contributed by atoms with Crippen LogP contribution < -0.4 is 5.73 Å². The van der Waals surface area contributed by atoms with Gasteiger partial charge in [0.25, 0.3) is 0 Å². The molecule has 0 atom stereocenters. The lowest BCUT2D eigenvalue weighted by Gasteiger charge is -2.01. The summed E-state index contributed by atoms with van der Waals surface area (Å²) in [6.07, 6.45) is -4.67. The van der Waals surface area contributed by atoms with Gasteiger partial charge in [-0.2, -0.15) is 18.3 Å². The minimum absolute atomic E-state index is 0.00951. The van der Waals surface area contributed by atoms with E-state index in [0.29, 0.717) is 4.68 Å². The van der Waals surface area contributed by atoms with E-state index in [2.05, 4.69) is 5.10 Å². The molecule has 0 amide bonds. The van der Waals surface area contributed by atoms with Gasteiger partial charge in [0.05, 0.1) is 11.4 Å². The number of nitrogens with two attached hydrogens (primary N) is 1. The number of carbonyl (C=O) groups is 1. The lowest BCUT2D eigenvalue weighted by atomic mass is 10.3. The van der Waals surface area contributed by atoms with Gasteiger partial charge in [-0.25, -0.2) is 0 Å². The molecule has 1 heterocycles. The van der Waals surface area contributed by atoms with Gasteiger partial charge >= 0.3 is 12.1 Å². The van der Waals surface area contributed by atoms with Crippen molar-refractivity contribution in [3.05, 3.63) is 11.4 Å². The fourth-order valence-corrected chi connectivity index (χ4v) is 1.05. The molecular formula is C7H8F3N3O2. The zero-order chi connectivity index (χ0) is 11.8. The number of hydrogen-bond donors (Lipinski definition) is 2. The highest BCUT2D eigenvalue weighted by Crippen LogP contribution is 2.33. The van der Waals surface area contributed by atoms with Crippen LogP contribution in [0.15, 0.2) is 0 Å². The highest BCUT2D eigenvalue weighted by Gasteiger charge is 2.37. The molecule has 1 rings (SSSR count). The Morgan fingerprint density at radius 2 is 2.13 bits per heavy atom. The normalized spacial score (nSPS) is 11.7. The zero-order valence-electron chi connectivity index (χ0n) is 7.67. The molecule has 1 aromatic rings. The largest absolute Gasteiger partial charge is 0.480 e. The molecule has 5 nitrogen and oxygen atoms in total. The predicted molar refractivity (Wildman–Crippen MR) is 44.0 cm³/mol. The number of anilines is 1. The van der Waals surface area contributed by atoms with E-state index in [9.17, 15) is 18.0 Å². The van der Waals surface area contributed by atoms with E-state index in [-0.39, 0.29) is 5.69 Å². The van der Waals surface area contributed by atoms with Gasteiger partial charge in [0.2, 0.25) is 0 Å². The molecule has 15 heavy (non-hydrogen) atoms. The predicted octanol–water partition coefficient (Wildman–Crippen LogP) is 0.877. The fraction of sp³-hybridized carbons (Fsp3) is 0.429. The van der Waals surface area contributed by atoms with Gasteiger partial charge in [0.15, 0.2) is 5.69 Å². The van der Waals surface area contributed by atoms with Crippen LogP contribution in [0.2, 0.25) is 0 Å². The third-order valence-corrected chi connectivity index (χ3v) is 1.81. The van der Waals surface area contributed by atoms with Gasteiger partial charge in [-0.05, 0) is 6.92 Å². The Bertz CT molecular complexity index is 397. The number of carboxylic acid groups (broad SMARTS) is 1. The molecule has 0 saturated heterocycles. The molecule has 0 aromatic carbocycles. The summed E-state index contributed by atoms with van der Waals surface area (Å²) in [6, 6.07) is 0. The number of halogens is 3. The summed E-state index contributed by atoms with van der Waals surface area (Å²) >= 11 is 0. The number of nitrogen functional groups attached to an aromatic ring is 1. The molecule has 0 radical (unpaired) electrons. The average molecular weight is 223 g/mol. The van der Waals surface area contributed by atoms with Gasteiger partial charge < -0.3 is 10.8 Å². The Balaban J connectivity index is 3.18. The average Bonchev–Trinajstić information content (AvgIpc) is 2.30. The standard InChI is InChI=1S/C7H8F3N3O2/c1-3-5(11)6(7(8,9)10)12-13(3)2-4(14)15/h2,11H2,1H3,(H,14,15). The quantitative estimate of drug-likeness (QED) is 0.779. The highest BCUT2D eigenvalue weighted by molar-refractivity contribution is 5.67. The zero-order valence-corrected chi connectivity index (χ0v) is 7.67. The number of nitrogens with zero attached hydrogens (tertiary/aromatic N) is 2. The summed E-state index contributed by atoms with van der Waals surface area (Å²) in [4.78, 5) is 10.3. The van der Waals surface area contributed by atoms with Crippen LogP contribution in [0, 0.1) is 6.92 Å².